The van der Waals surface area contributed by atoms with E-state index in [1.807, 2.05) is 30.3 Å². The van der Waals surface area contributed by atoms with Crippen LogP contribution in [0.15, 0.2) is 59.6 Å². The predicted molar refractivity (Wildman–Crippen MR) is 144 cm³/mol. The van der Waals surface area contributed by atoms with Crippen molar-refractivity contribution in [1.29, 1.82) is 5.26 Å². The highest BCUT2D eigenvalue weighted by Gasteiger charge is 2.39. The fraction of sp³-hybridized carbons (Fsp3) is 0.323. The summed E-state index contributed by atoms with van der Waals surface area (Å²) in [5.41, 5.74) is 9.46. The van der Waals surface area contributed by atoms with E-state index in [-0.39, 0.29) is 16.8 Å². The monoisotopic (exact) mass is 477 g/mol. The molecule has 0 fully saturated rings. The zero-order valence-corrected chi connectivity index (χ0v) is 21.8. The third kappa shape index (κ3) is 3.78. The van der Waals surface area contributed by atoms with Crippen LogP contribution >= 0.6 is 0 Å². The lowest BCUT2D eigenvalue weighted by Crippen LogP contribution is -2.34. The van der Waals surface area contributed by atoms with Gasteiger partial charge in [-0.2, -0.15) is 5.26 Å². The third-order valence-electron chi connectivity index (χ3n) is 7.86. The Hall–Kier alpha value is -3.91. The normalized spacial score (nSPS) is 17.0. The van der Waals surface area contributed by atoms with Crippen molar-refractivity contribution in [3.8, 4) is 6.07 Å². The van der Waals surface area contributed by atoms with Gasteiger partial charge in [0.15, 0.2) is 0 Å². The predicted octanol–water partition coefficient (Wildman–Crippen LogP) is 6.94. The van der Waals surface area contributed by atoms with Gasteiger partial charge in [-0.1, -0.05) is 39.8 Å². The van der Waals surface area contributed by atoms with Crippen molar-refractivity contribution in [2.24, 2.45) is 4.99 Å². The maximum atomic E-state index is 12.0. The Morgan fingerprint density at radius 1 is 0.944 bits per heavy atom. The van der Waals surface area contributed by atoms with Crippen LogP contribution in [0, 0.1) is 11.3 Å². The molecule has 1 aliphatic carbocycles. The number of esters is 1. The van der Waals surface area contributed by atoms with E-state index < -0.39 is 0 Å². The van der Waals surface area contributed by atoms with Gasteiger partial charge < -0.3 is 9.64 Å². The number of rotatable bonds is 2. The van der Waals surface area contributed by atoms with Gasteiger partial charge in [0.05, 0.1) is 47.1 Å². The zero-order valence-electron chi connectivity index (χ0n) is 21.8. The molecule has 0 N–H and O–H groups in total. The zero-order chi connectivity index (χ0) is 25.8. The number of anilines is 2. The van der Waals surface area contributed by atoms with E-state index in [0.717, 1.165) is 46.7 Å². The molecule has 0 aromatic heterocycles. The molecule has 1 heterocycles. The molecule has 0 bridgehead atoms. The minimum atomic E-state index is -0.369. The van der Waals surface area contributed by atoms with Crippen molar-refractivity contribution in [3.05, 3.63) is 88.0 Å². The van der Waals surface area contributed by atoms with Crippen molar-refractivity contribution in [2.75, 3.05) is 19.1 Å². The number of carbonyl (C=O) groups excluding carboxylic acids is 1. The fourth-order valence-corrected chi connectivity index (χ4v) is 5.45. The van der Waals surface area contributed by atoms with Crippen LogP contribution < -0.4 is 4.90 Å². The fourth-order valence-electron chi connectivity index (χ4n) is 5.45. The molecule has 0 unspecified atom stereocenters. The highest BCUT2D eigenvalue weighted by atomic mass is 16.5. The topological polar surface area (TPSA) is 65.7 Å². The molecule has 182 valence electrons. The molecule has 36 heavy (non-hydrogen) atoms. The lowest BCUT2D eigenvalue weighted by atomic mass is 9.62. The lowest BCUT2D eigenvalue weighted by Gasteiger charge is -2.43. The maximum Gasteiger partial charge on any atom is 0.337 e. The molecule has 3 aromatic rings. The number of nitrogens with zero attached hydrogens (tertiary/aromatic N) is 3. The van der Waals surface area contributed by atoms with Crippen molar-refractivity contribution in [3.63, 3.8) is 0 Å². The van der Waals surface area contributed by atoms with Gasteiger partial charge in [-0.25, -0.2) is 9.79 Å². The van der Waals surface area contributed by atoms with Gasteiger partial charge in [0.2, 0.25) is 0 Å². The van der Waals surface area contributed by atoms with Crippen molar-refractivity contribution < 1.29 is 9.53 Å². The number of hydrogen-bond acceptors (Lipinski definition) is 5. The first-order valence-corrected chi connectivity index (χ1v) is 12.3. The average molecular weight is 478 g/mol. The molecular formula is C31H31N3O2. The minimum absolute atomic E-state index is 0.0471. The highest BCUT2D eigenvalue weighted by Crippen LogP contribution is 2.50. The van der Waals surface area contributed by atoms with Crippen LogP contribution in [0.1, 0.15) is 78.7 Å². The standard InChI is InChI=1S/C31H31N3O2/c1-30(2)13-14-31(3,4)24-17-27-22(16-23(24)30)28(20-8-10-21(11-9-20)29(35)36-6)33-25-15-19(18-32)7-12-26(25)34(27)5/h7-12,15-17H,13-14H2,1-6H3. The van der Waals surface area contributed by atoms with E-state index in [1.54, 1.807) is 12.1 Å². The summed E-state index contributed by atoms with van der Waals surface area (Å²) >= 11 is 0. The largest absolute Gasteiger partial charge is 0.465 e. The summed E-state index contributed by atoms with van der Waals surface area (Å²) in [6, 6.07) is 19.9. The Morgan fingerprint density at radius 2 is 1.58 bits per heavy atom. The summed E-state index contributed by atoms with van der Waals surface area (Å²) in [7, 11) is 3.45. The molecule has 0 atom stereocenters. The van der Waals surface area contributed by atoms with Crippen molar-refractivity contribution in [1.82, 2.24) is 0 Å². The number of nitriles is 1. The molecule has 0 saturated heterocycles. The molecule has 1 aliphatic heterocycles. The highest BCUT2D eigenvalue weighted by molar-refractivity contribution is 6.19. The van der Waals surface area contributed by atoms with Crippen LogP contribution in [0.2, 0.25) is 0 Å². The quantitative estimate of drug-likeness (QED) is 0.375. The molecule has 5 rings (SSSR count). The number of carbonyl (C=O) groups is 1. The summed E-state index contributed by atoms with van der Waals surface area (Å²) in [6.07, 6.45) is 2.25. The first-order valence-electron chi connectivity index (χ1n) is 12.3. The van der Waals surface area contributed by atoms with E-state index in [4.69, 9.17) is 9.73 Å². The first-order chi connectivity index (χ1) is 17.1. The van der Waals surface area contributed by atoms with Gasteiger partial charge in [-0.3, -0.25) is 0 Å². The van der Waals surface area contributed by atoms with E-state index in [1.165, 1.54) is 18.2 Å². The molecule has 3 aromatic carbocycles. The summed E-state index contributed by atoms with van der Waals surface area (Å²) in [5.74, 6) is -0.369. The lowest BCUT2D eigenvalue weighted by molar-refractivity contribution is 0.0600. The Bertz CT molecular complexity index is 1460. The second-order valence-corrected chi connectivity index (χ2v) is 11.1. The average Bonchev–Trinajstić information content (AvgIpc) is 2.99. The Labute approximate surface area is 213 Å². The smallest absolute Gasteiger partial charge is 0.337 e. The van der Waals surface area contributed by atoms with Gasteiger partial charge in [0.1, 0.15) is 0 Å². The number of methoxy groups -OCH3 is 1. The molecular weight excluding hydrogens is 446 g/mol. The third-order valence-corrected chi connectivity index (χ3v) is 7.86. The molecule has 0 saturated carbocycles. The van der Waals surface area contributed by atoms with Gasteiger partial charge >= 0.3 is 5.97 Å². The second-order valence-electron chi connectivity index (χ2n) is 11.1. The maximum absolute atomic E-state index is 12.0. The van der Waals surface area contributed by atoms with Gasteiger partial charge in [0.25, 0.3) is 0 Å². The Morgan fingerprint density at radius 3 is 2.19 bits per heavy atom. The summed E-state index contributed by atoms with van der Waals surface area (Å²) < 4.78 is 4.88. The van der Waals surface area contributed by atoms with Crippen LogP contribution in [0.3, 0.4) is 0 Å². The number of fused-ring (bicyclic) bond motifs is 3. The minimum Gasteiger partial charge on any atom is -0.465 e. The molecule has 2 aliphatic rings. The van der Waals surface area contributed by atoms with Crippen LogP contribution in [-0.2, 0) is 15.6 Å². The van der Waals surface area contributed by atoms with Crippen LogP contribution in [-0.4, -0.2) is 25.8 Å². The van der Waals surface area contributed by atoms with Crippen molar-refractivity contribution in [2.45, 2.75) is 51.4 Å². The summed E-state index contributed by atoms with van der Waals surface area (Å²) in [6.45, 7) is 9.31. The summed E-state index contributed by atoms with van der Waals surface area (Å²) in [5, 5.41) is 9.54. The number of aliphatic imine (C=N–C) groups is 1. The second kappa shape index (κ2) is 8.34. The van der Waals surface area contributed by atoms with Gasteiger partial charge in [0, 0.05) is 18.2 Å². The molecule has 0 amide bonds. The van der Waals surface area contributed by atoms with Gasteiger partial charge in [-0.05, 0) is 77.3 Å². The number of hydrogen-bond donors (Lipinski definition) is 0. The number of benzene rings is 3. The Balaban J connectivity index is 1.81. The SMILES string of the molecule is COC(=O)c1ccc(C2=Nc3cc(C#N)ccc3N(C)c3cc4c(cc32)C(C)(C)CCC4(C)C)cc1. The van der Waals surface area contributed by atoms with E-state index in [2.05, 4.69) is 57.8 Å². The summed E-state index contributed by atoms with van der Waals surface area (Å²) in [4.78, 5) is 19.4. The molecule has 5 heteroatoms. The molecule has 0 spiro atoms. The number of ether oxygens (including phenoxy) is 1. The molecule has 0 radical (unpaired) electrons. The first kappa shape index (κ1) is 23.8. The Kier molecular flexibility index (Phi) is 5.52. The molecule has 5 nitrogen and oxygen atoms in total. The van der Waals surface area contributed by atoms with Gasteiger partial charge in [-0.15, -0.1) is 0 Å². The van der Waals surface area contributed by atoms with Crippen LogP contribution in [0.5, 0.6) is 0 Å². The van der Waals surface area contributed by atoms with E-state index in [0.29, 0.717) is 11.1 Å². The van der Waals surface area contributed by atoms with E-state index in [9.17, 15) is 10.1 Å². The van der Waals surface area contributed by atoms with Crippen LogP contribution in [0.25, 0.3) is 0 Å². The van der Waals surface area contributed by atoms with E-state index >= 15 is 0 Å². The van der Waals surface area contributed by atoms with Crippen molar-refractivity contribution >= 4 is 28.7 Å². The van der Waals surface area contributed by atoms with Crippen LogP contribution in [0.4, 0.5) is 17.1 Å².